The van der Waals surface area contributed by atoms with Gasteiger partial charge < -0.3 is 15.4 Å². The first-order valence-corrected chi connectivity index (χ1v) is 7.75. The minimum Gasteiger partial charge on any atom is -0.385 e. The van der Waals surface area contributed by atoms with E-state index in [1.165, 1.54) is 19.3 Å². The molecule has 1 unspecified atom stereocenters. The van der Waals surface area contributed by atoms with Crippen LogP contribution in [0.25, 0.3) is 0 Å². The highest BCUT2D eigenvalue weighted by Crippen LogP contribution is 2.41. The molecule has 0 aromatic rings. The number of rotatable bonds is 7. The number of hydrogen-bond donors (Lipinski definition) is 2. The third kappa shape index (κ3) is 4.61. The Morgan fingerprint density at radius 2 is 2.15 bits per heavy atom. The van der Waals surface area contributed by atoms with Crippen LogP contribution >= 0.6 is 12.4 Å². The highest BCUT2D eigenvalue weighted by atomic mass is 35.5. The second-order valence-electron chi connectivity index (χ2n) is 6.13. The molecule has 1 saturated heterocycles. The molecule has 1 amide bonds. The summed E-state index contributed by atoms with van der Waals surface area (Å²) in [6.07, 6.45) is 7.68. The van der Waals surface area contributed by atoms with Gasteiger partial charge in [0.1, 0.15) is 0 Å². The topological polar surface area (TPSA) is 50.4 Å². The summed E-state index contributed by atoms with van der Waals surface area (Å²) >= 11 is 0. The van der Waals surface area contributed by atoms with E-state index in [9.17, 15) is 4.79 Å². The molecule has 1 atom stereocenters. The predicted octanol–water partition coefficient (Wildman–Crippen LogP) is 2.12. The van der Waals surface area contributed by atoms with Gasteiger partial charge in [-0.1, -0.05) is 12.8 Å². The molecule has 0 aromatic heterocycles. The smallest absolute Gasteiger partial charge is 0.226 e. The molecule has 2 fully saturated rings. The third-order valence-corrected chi connectivity index (χ3v) is 4.83. The molecule has 0 bridgehead atoms. The lowest BCUT2D eigenvalue weighted by Gasteiger charge is -2.27. The van der Waals surface area contributed by atoms with Crippen LogP contribution in [0, 0.1) is 11.3 Å². The summed E-state index contributed by atoms with van der Waals surface area (Å²) in [5.41, 5.74) is -0.135. The maximum Gasteiger partial charge on any atom is 0.226 e. The molecule has 1 saturated carbocycles. The highest BCUT2D eigenvalue weighted by molar-refractivity contribution is 5.85. The summed E-state index contributed by atoms with van der Waals surface area (Å²) in [5.74, 6) is 1.02. The summed E-state index contributed by atoms with van der Waals surface area (Å²) in [5, 5.41) is 6.55. The van der Waals surface area contributed by atoms with Crippen molar-refractivity contribution < 1.29 is 9.53 Å². The maximum absolute atomic E-state index is 12.5. The summed E-state index contributed by atoms with van der Waals surface area (Å²) in [4.78, 5) is 12.5. The van der Waals surface area contributed by atoms with Crippen LogP contribution < -0.4 is 10.6 Å². The zero-order valence-electron chi connectivity index (χ0n) is 12.6. The molecular formula is C15H29ClN2O2. The van der Waals surface area contributed by atoms with E-state index in [0.29, 0.717) is 6.61 Å². The van der Waals surface area contributed by atoms with Crippen molar-refractivity contribution in [1.29, 1.82) is 0 Å². The fourth-order valence-corrected chi connectivity index (χ4v) is 3.48. The number of nitrogens with one attached hydrogen (secondary N) is 2. The van der Waals surface area contributed by atoms with Crippen LogP contribution in [0.4, 0.5) is 0 Å². The van der Waals surface area contributed by atoms with E-state index in [2.05, 4.69) is 10.6 Å². The largest absolute Gasteiger partial charge is 0.385 e. The van der Waals surface area contributed by atoms with E-state index >= 15 is 0 Å². The average molecular weight is 305 g/mol. The molecule has 2 N–H and O–H groups in total. The zero-order chi connectivity index (χ0) is 13.6. The molecule has 2 rings (SSSR count). The van der Waals surface area contributed by atoms with Crippen LogP contribution in [-0.4, -0.2) is 39.3 Å². The van der Waals surface area contributed by atoms with Gasteiger partial charge in [0.2, 0.25) is 5.91 Å². The predicted molar refractivity (Wildman–Crippen MR) is 83.2 cm³/mol. The van der Waals surface area contributed by atoms with E-state index in [1.807, 2.05) is 0 Å². The van der Waals surface area contributed by atoms with Gasteiger partial charge in [-0.05, 0) is 51.1 Å². The molecule has 4 nitrogen and oxygen atoms in total. The second kappa shape index (κ2) is 8.85. The Morgan fingerprint density at radius 1 is 1.40 bits per heavy atom. The van der Waals surface area contributed by atoms with Gasteiger partial charge >= 0.3 is 0 Å². The number of ether oxygens (including phenoxy) is 1. The van der Waals surface area contributed by atoms with E-state index in [0.717, 1.165) is 51.2 Å². The van der Waals surface area contributed by atoms with Crippen LogP contribution in [-0.2, 0) is 9.53 Å². The Kier molecular flexibility index (Phi) is 7.85. The quantitative estimate of drug-likeness (QED) is 0.757. The maximum atomic E-state index is 12.5. The fourth-order valence-electron chi connectivity index (χ4n) is 3.48. The van der Waals surface area contributed by atoms with Crippen LogP contribution in [0.1, 0.15) is 44.9 Å². The molecular weight excluding hydrogens is 276 g/mol. The molecule has 0 spiro atoms. The number of carbonyl (C=O) groups excluding carboxylic acids is 1. The van der Waals surface area contributed by atoms with Crippen molar-refractivity contribution in [3.05, 3.63) is 0 Å². The minimum absolute atomic E-state index is 0. The molecule has 118 valence electrons. The average Bonchev–Trinajstić information content (AvgIpc) is 3.08. The van der Waals surface area contributed by atoms with Crippen molar-refractivity contribution >= 4 is 18.3 Å². The van der Waals surface area contributed by atoms with E-state index in [-0.39, 0.29) is 23.7 Å². The monoisotopic (exact) mass is 304 g/mol. The van der Waals surface area contributed by atoms with Crippen molar-refractivity contribution in [3.63, 3.8) is 0 Å². The first-order valence-electron chi connectivity index (χ1n) is 7.75. The van der Waals surface area contributed by atoms with E-state index in [1.54, 1.807) is 7.11 Å². The molecule has 2 aliphatic rings. The molecule has 1 heterocycles. The van der Waals surface area contributed by atoms with Crippen molar-refractivity contribution in [3.8, 4) is 0 Å². The van der Waals surface area contributed by atoms with E-state index in [4.69, 9.17) is 4.74 Å². The summed E-state index contributed by atoms with van der Waals surface area (Å²) < 4.78 is 5.18. The number of methoxy groups -OCH3 is 1. The van der Waals surface area contributed by atoms with Gasteiger partial charge in [-0.3, -0.25) is 4.79 Å². The molecule has 0 radical (unpaired) electrons. The fraction of sp³-hybridized carbons (Fsp3) is 0.933. The molecule has 5 heteroatoms. The zero-order valence-corrected chi connectivity index (χ0v) is 13.4. The van der Waals surface area contributed by atoms with Gasteiger partial charge in [0.15, 0.2) is 0 Å². The number of halogens is 1. The van der Waals surface area contributed by atoms with Crippen LogP contribution in [0.2, 0.25) is 0 Å². The Morgan fingerprint density at radius 3 is 2.75 bits per heavy atom. The molecule has 0 aromatic carbocycles. The lowest BCUT2D eigenvalue weighted by molar-refractivity contribution is -0.131. The van der Waals surface area contributed by atoms with Crippen molar-refractivity contribution in [1.82, 2.24) is 10.6 Å². The molecule has 1 aliphatic carbocycles. The van der Waals surface area contributed by atoms with Crippen LogP contribution in [0.5, 0.6) is 0 Å². The summed E-state index contributed by atoms with van der Waals surface area (Å²) in [6, 6.07) is 0. The van der Waals surface area contributed by atoms with Gasteiger partial charge in [0.25, 0.3) is 0 Å². The van der Waals surface area contributed by atoms with Crippen LogP contribution in [0.15, 0.2) is 0 Å². The van der Waals surface area contributed by atoms with E-state index < -0.39 is 0 Å². The Balaban J connectivity index is 0.00000200. The third-order valence-electron chi connectivity index (χ3n) is 4.83. The summed E-state index contributed by atoms with van der Waals surface area (Å²) in [6.45, 7) is 3.78. The second-order valence-corrected chi connectivity index (χ2v) is 6.13. The van der Waals surface area contributed by atoms with Gasteiger partial charge in [-0.15, -0.1) is 12.4 Å². The molecule has 20 heavy (non-hydrogen) atoms. The van der Waals surface area contributed by atoms with Crippen LogP contribution in [0.3, 0.4) is 0 Å². The lowest BCUT2D eigenvalue weighted by Crippen LogP contribution is -2.40. The number of hydrogen-bond acceptors (Lipinski definition) is 3. The summed E-state index contributed by atoms with van der Waals surface area (Å²) in [7, 11) is 1.72. The minimum atomic E-state index is -0.135. The van der Waals surface area contributed by atoms with Gasteiger partial charge in [-0.2, -0.15) is 0 Å². The van der Waals surface area contributed by atoms with Crippen molar-refractivity contribution in [2.24, 2.45) is 11.3 Å². The number of carbonyl (C=O) groups is 1. The van der Waals surface area contributed by atoms with Gasteiger partial charge in [-0.25, -0.2) is 0 Å². The van der Waals surface area contributed by atoms with Gasteiger partial charge in [0, 0.05) is 20.3 Å². The standard InChI is InChI=1S/C15H28N2O2.ClH/c1-19-11-8-15(6-2-3-7-15)14(18)17-10-5-13-4-9-16-12-13;/h13,16H,2-12H2,1H3,(H,17,18);1H. The SMILES string of the molecule is COCCC1(C(=O)NCCC2CCNC2)CCCC1.Cl. The van der Waals surface area contributed by atoms with Crippen molar-refractivity contribution in [2.45, 2.75) is 44.9 Å². The number of amides is 1. The molecule has 1 aliphatic heterocycles. The highest BCUT2D eigenvalue weighted by Gasteiger charge is 2.40. The van der Waals surface area contributed by atoms with Gasteiger partial charge in [0.05, 0.1) is 5.41 Å². The first kappa shape index (κ1) is 17.7. The Hall–Kier alpha value is -0.320. The Labute approximate surface area is 128 Å². The first-order chi connectivity index (χ1) is 9.27. The lowest BCUT2D eigenvalue weighted by atomic mass is 9.82. The Bertz CT molecular complexity index is 288. The van der Waals surface area contributed by atoms with Crippen molar-refractivity contribution in [2.75, 3.05) is 33.4 Å². The normalized spacial score (nSPS) is 24.4.